The summed E-state index contributed by atoms with van der Waals surface area (Å²) in [5.41, 5.74) is 5.17. The van der Waals surface area contributed by atoms with Crippen molar-refractivity contribution < 1.29 is 14.4 Å². The standard InChI is InChI=1S/C23H26N4O3/c1-4-23(18-8-6-5-7-9-18)21(29)27(22(30)24-23)25-20(28)13-10-17-14-15(2)26(16(17)3)19-11-12-19/h5-10,13-14,19H,4,11-12H2,1-3H3,(H,24,30)(H,25,28)/b13-10+/t23-/m0/s1. The van der Waals surface area contributed by atoms with E-state index in [1.54, 1.807) is 18.2 Å². The third kappa shape index (κ3) is 3.30. The number of carbonyl (C=O) groups is 3. The van der Waals surface area contributed by atoms with Crippen molar-refractivity contribution in [3.8, 4) is 0 Å². The molecule has 2 heterocycles. The van der Waals surface area contributed by atoms with Gasteiger partial charge in [-0.2, -0.15) is 5.01 Å². The molecule has 7 nitrogen and oxygen atoms in total. The zero-order valence-electron chi connectivity index (χ0n) is 17.4. The lowest BCUT2D eigenvalue weighted by molar-refractivity contribution is -0.138. The molecule has 1 saturated carbocycles. The summed E-state index contributed by atoms with van der Waals surface area (Å²) in [5.74, 6) is -1.02. The van der Waals surface area contributed by atoms with Crippen molar-refractivity contribution in [2.75, 3.05) is 0 Å². The molecule has 2 N–H and O–H groups in total. The lowest BCUT2D eigenvalue weighted by Crippen LogP contribution is -2.48. The van der Waals surface area contributed by atoms with Gasteiger partial charge in [-0.15, -0.1) is 0 Å². The molecule has 7 heteroatoms. The van der Waals surface area contributed by atoms with Crippen LogP contribution in [-0.2, 0) is 15.1 Å². The molecule has 1 saturated heterocycles. The van der Waals surface area contributed by atoms with Crippen molar-refractivity contribution in [1.82, 2.24) is 20.3 Å². The number of imide groups is 1. The Hall–Kier alpha value is -3.35. The van der Waals surface area contributed by atoms with Crippen LogP contribution in [-0.4, -0.2) is 27.4 Å². The Labute approximate surface area is 175 Å². The topological polar surface area (TPSA) is 83.4 Å². The highest BCUT2D eigenvalue weighted by atomic mass is 16.2. The number of aromatic nitrogens is 1. The van der Waals surface area contributed by atoms with Crippen LogP contribution in [0.15, 0.2) is 42.5 Å². The fraction of sp³-hybridized carbons (Fsp3) is 0.348. The van der Waals surface area contributed by atoms with Crippen LogP contribution in [0.4, 0.5) is 4.79 Å². The molecule has 2 fully saturated rings. The van der Waals surface area contributed by atoms with E-state index in [1.165, 1.54) is 24.6 Å². The number of aryl methyl sites for hydroxylation is 1. The van der Waals surface area contributed by atoms with E-state index < -0.39 is 23.4 Å². The third-order valence-corrected chi connectivity index (χ3v) is 5.96. The maximum absolute atomic E-state index is 13.1. The smallest absolute Gasteiger partial charge is 0.344 e. The Morgan fingerprint density at radius 1 is 1.23 bits per heavy atom. The van der Waals surface area contributed by atoms with Gasteiger partial charge in [0.05, 0.1) is 0 Å². The summed E-state index contributed by atoms with van der Waals surface area (Å²) in [7, 11) is 0. The van der Waals surface area contributed by atoms with E-state index in [2.05, 4.69) is 22.2 Å². The van der Waals surface area contributed by atoms with Gasteiger partial charge in [0.25, 0.3) is 11.8 Å². The Balaban J connectivity index is 1.50. The maximum atomic E-state index is 13.1. The molecule has 1 aliphatic carbocycles. The summed E-state index contributed by atoms with van der Waals surface area (Å²) in [6.45, 7) is 5.92. The first-order valence-corrected chi connectivity index (χ1v) is 10.3. The number of rotatable bonds is 6. The minimum absolute atomic E-state index is 0.372. The lowest BCUT2D eigenvalue weighted by Gasteiger charge is -2.25. The van der Waals surface area contributed by atoms with Gasteiger partial charge in [0, 0.05) is 23.5 Å². The van der Waals surface area contributed by atoms with Gasteiger partial charge in [0.2, 0.25) is 0 Å². The second-order valence-electron chi connectivity index (χ2n) is 7.93. The van der Waals surface area contributed by atoms with Gasteiger partial charge in [-0.25, -0.2) is 4.79 Å². The Kier molecular flexibility index (Phi) is 4.97. The van der Waals surface area contributed by atoms with Crippen LogP contribution in [0.2, 0.25) is 0 Å². The van der Waals surface area contributed by atoms with E-state index in [0.717, 1.165) is 16.3 Å². The molecule has 1 aliphatic heterocycles. The first-order valence-electron chi connectivity index (χ1n) is 10.3. The molecule has 1 aromatic carbocycles. The second-order valence-corrected chi connectivity index (χ2v) is 7.93. The molecule has 0 unspecified atom stereocenters. The summed E-state index contributed by atoms with van der Waals surface area (Å²) in [6.07, 6.45) is 5.82. The number of hydrogen-bond acceptors (Lipinski definition) is 3. The number of nitrogens with one attached hydrogen (secondary N) is 2. The van der Waals surface area contributed by atoms with Crippen molar-refractivity contribution >= 4 is 23.9 Å². The van der Waals surface area contributed by atoms with E-state index in [4.69, 9.17) is 0 Å². The van der Waals surface area contributed by atoms with Crippen LogP contribution in [0, 0.1) is 13.8 Å². The molecular formula is C23H26N4O3. The third-order valence-electron chi connectivity index (χ3n) is 5.96. The molecule has 1 aromatic heterocycles. The highest BCUT2D eigenvalue weighted by Crippen LogP contribution is 2.38. The van der Waals surface area contributed by atoms with Crippen LogP contribution in [0.25, 0.3) is 6.08 Å². The van der Waals surface area contributed by atoms with Gasteiger partial charge in [-0.3, -0.25) is 15.0 Å². The normalized spacial score (nSPS) is 21.4. The van der Waals surface area contributed by atoms with Crippen molar-refractivity contribution in [2.45, 2.75) is 51.6 Å². The summed E-state index contributed by atoms with van der Waals surface area (Å²) in [5, 5.41) is 3.52. The molecule has 4 amide bonds. The molecule has 1 atom stereocenters. The minimum Gasteiger partial charge on any atom is -0.346 e. The Bertz CT molecular complexity index is 1040. The lowest BCUT2D eigenvalue weighted by atomic mass is 9.87. The van der Waals surface area contributed by atoms with Gasteiger partial charge in [0.1, 0.15) is 5.54 Å². The average molecular weight is 406 g/mol. The molecule has 30 heavy (non-hydrogen) atoms. The Morgan fingerprint density at radius 3 is 2.57 bits per heavy atom. The predicted octanol–water partition coefficient (Wildman–Crippen LogP) is 3.34. The second kappa shape index (κ2) is 7.48. The summed E-state index contributed by atoms with van der Waals surface area (Å²) in [4.78, 5) is 38.0. The number of amides is 4. The number of urea groups is 1. The summed E-state index contributed by atoms with van der Waals surface area (Å²) in [6, 6.07) is 11.0. The van der Waals surface area contributed by atoms with E-state index in [1.807, 2.05) is 38.1 Å². The zero-order valence-corrected chi connectivity index (χ0v) is 17.4. The van der Waals surface area contributed by atoms with Gasteiger partial charge >= 0.3 is 6.03 Å². The van der Waals surface area contributed by atoms with Crippen LogP contribution in [0.3, 0.4) is 0 Å². The number of benzene rings is 1. The van der Waals surface area contributed by atoms with Crippen molar-refractivity contribution in [2.24, 2.45) is 0 Å². The molecule has 0 spiro atoms. The van der Waals surface area contributed by atoms with E-state index >= 15 is 0 Å². The SMILES string of the molecule is CC[C@@]1(c2ccccc2)NC(=O)N(NC(=O)/C=C/c2cc(C)n(C3CC3)c2C)C1=O. The van der Waals surface area contributed by atoms with Crippen molar-refractivity contribution in [3.05, 3.63) is 65.0 Å². The quantitative estimate of drug-likeness (QED) is 0.570. The maximum Gasteiger partial charge on any atom is 0.344 e. The van der Waals surface area contributed by atoms with Gasteiger partial charge in [-0.05, 0) is 56.4 Å². The van der Waals surface area contributed by atoms with Crippen LogP contribution in [0.1, 0.15) is 54.7 Å². The van der Waals surface area contributed by atoms with Gasteiger partial charge < -0.3 is 9.88 Å². The summed E-state index contributed by atoms with van der Waals surface area (Å²) < 4.78 is 2.30. The first kappa shape index (κ1) is 19.9. The van der Waals surface area contributed by atoms with Gasteiger partial charge in [-0.1, -0.05) is 37.3 Å². The highest BCUT2D eigenvalue weighted by molar-refractivity contribution is 6.09. The first-order chi connectivity index (χ1) is 14.4. The number of carbonyl (C=O) groups excluding carboxylic acids is 3. The van der Waals surface area contributed by atoms with Gasteiger partial charge in [0.15, 0.2) is 0 Å². The highest BCUT2D eigenvalue weighted by Gasteiger charge is 2.52. The number of nitrogens with zero attached hydrogens (tertiary/aromatic N) is 2. The van der Waals surface area contributed by atoms with Crippen molar-refractivity contribution in [1.29, 1.82) is 0 Å². The summed E-state index contributed by atoms with van der Waals surface area (Å²) >= 11 is 0. The van der Waals surface area contributed by atoms with E-state index in [9.17, 15) is 14.4 Å². The largest absolute Gasteiger partial charge is 0.346 e. The molecule has 2 aliphatic rings. The van der Waals surface area contributed by atoms with E-state index in [-0.39, 0.29) is 0 Å². The average Bonchev–Trinajstić information content (AvgIpc) is 3.49. The van der Waals surface area contributed by atoms with Crippen LogP contribution >= 0.6 is 0 Å². The van der Waals surface area contributed by atoms with Crippen LogP contribution < -0.4 is 10.7 Å². The fourth-order valence-electron chi connectivity index (χ4n) is 4.22. The number of hydrogen-bond donors (Lipinski definition) is 2. The van der Waals surface area contributed by atoms with Crippen molar-refractivity contribution in [3.63, 3.8) is 0 Å². The molecule has 156 valence electrons. The minimum atomic E-state index is -1.18. The number of hydrazine groups is 1. The molecule has 4 rings (SSSR count). The molecule has 0 bridgehead atoms. The van der Waals surface area contributed by atoms with E-state index in [0.29, 0.717) is 18.0 Å². The zero-order chi connectivity index (χ0) is 21.5. The molecule has 2 aromatic rings. The molecule has 0 radical (unpaired) electrons. The van der Waals surface area contributed by atoms with Crippen LogP contribution in [0.5, 0.6) is 0 Å². The molecular weight excluding hydrogens is 380 g/mol. The monoisotopic (exact) mass is 406 g/mol. The predicted molar refractivity (Wildman–Crippen MR) is 113 cm³/mol. The fourth-order valence-corrected chi connectivity index (χ4v) is 4.22. The Morgan fingerprint density at radius 2 is 1.93 bits per heavy atom.